The topological polar surface area (TPSA) is 33.6 Å². The van der Waals surface area contributed by atoms with Gasteiger partial charge in [-0.05, 0) is 56.2 Å². The molecule has 0 aromatic heterocycles. The predicted octanol–water partition coefficient (Wildman–Crippen LogP) is 5.21. The van der Waals surface area contributed by atoms with E-state index < -0.39 is 0 Å². The second-order valence-corrected chi connectivity index (χ2v) is 5.14. The highest BCUT2D eigenvalue weighted by molar-refractivity contribution is 6.32. The van der Waals surface area contributed by atoms with Gasteiger partial charge in [-0.2, -0.15) is 0 Å². The number of benzene rings is 2. The standard InChI is InChI=1S/C17H19ClN2O/c1-4-19-11-20-15-9-13(3)17(10-12(15)2)21-16-8-6-5-7-14(16)18/h5-11H,4H2,1-3H3,(H,19,20). The normalized spacial score (nSPS) is 10.9. The molecular formula is C17H19ClN2O. The first kappa shape index (κ1) is 15.4. The van der Waals surface area contributed by atoms with Crippen LogP contribution in [0.3, 0.4) is 0 Å². The van der Waals surface area contributed by atoms with Crippen molar-refractivity contribution in [2.24, 2.45) is 4.99 Å². The maximum atomic E-state index is 6.13. The molecule has 0 saturated carbocycles. The first-order valence-electron chi connectivity index (χ1n) is 6.90. The van der Waals surface area contributed by atoms with Gasteiger partial charge in [-0.15, -0.1) is 0 Å². The summed E-state index contributed by atoms with van der Waals surface area (Å²) >= 11 is 6.13. The van der Waals surface area contributed by atoms with Crippen molar-refractivity contribution in [2.75, 3.05) is 11.9 Å². The maximum absolute atomic E-state index is 6.13. The predicted molar refractivity (Wildman–Crippen MR) is 90.1 cm³/mol. The van der Waals surface area contributed by atoms with Crippen molar-refractivity contribution < 1.29 is 4.74 Å². The Morgan fingerprint density at radius 3 is 2.62 bits per heavy atom. The van der Waals surface area contributed by atoms with E-state index in [1.807, 2.05) is 57.2 Å². The summed E-state index contributed by atoms with van der Waals surface area (Å²) in [4.78, 5) is 4.15. The number of nitrogens with one attached hydrogen (secondary N) is 1. The Balaban J connectivity index is 2.24. The number of rotatable bonds is 5. The van der Waals surface area contributed by atoms with Crippen LogP contribution in [0.25, 0.3) is 0 Å². The van der Waals surface area contributed by atoms with E-state index in [0.29, 0.717) is 10.8 Å². The maximum Gasteiger partial charge on any atom is 0.146 e. The summed E-state index contributed by atoms with van der Waals surface area (Å²) in [5.41, 5.74) is 3.15. The quantitative estimate of drug-likeness (QED) is 0.607. The van der Waals surface area contributed by atoms with Gasteiger partial charge in [0.25, 0.3) is 0 Å². The molecular weight excluding hydrogens is 284 g/mol. The second-order valence-electron chi connectivity index (χ2n) is 4.74. The van der Waals surface area contributed by atoms with Crippen LogP contribution in [0.5, 0.6) is 11.5 Å². The molecule has 0 fully saturated rings. The van der Waals surface area contributed by atoms with Crippen molar-refractivity contribution >= 4 is 23.6 Å². The molecule has 2 aromatic carbocycles. The number of aliphatic imine (C=N–C) groups is 1. The molecule has 0 radical (unpaired) electrons. The van der Waals surface area contributed by atoms with Crippen molar-refractivity contribution in [3.63, 3.8) is 0 Å². The minimum Gasteiger partial charge on any atom is -0.456 e. The molecule has 110 valence electrons. The zero-order valence-electron chi connectivity index (χ0n) is 12.5. The highest BCUT2D eigenvalue weighted by Gasteiger charge is 2.08. The number of para-hydroxylation sites is 1. The van der Waals surface area contributed by atoms with E-state index in [-0.39, 0.29) is 0 Å². The van der Waals surface area contributed by atoms with Gasteiger partial charge in [0.1, 0.15) is 11.5 Å². The fourth-order valence-corrected chi connectivity index (χ4v) is 2.08. The van der Waals surface area contributed by atoms with Gasteiger partial charge in [0.15, 0.2) is 0 Å². The van der Waals surface area contributed by atoms with Crippen LogP contribution < -0.4 is 10.1 Å². The highest BCUT2D eigenvalue weighted by Crippen LogP contribution is 2.33. The third-order valence-electron chi connectivity index (χ3n) is 3.07. The van der Waals surface area contributed by atoms with Gasteiger partial charge in [-0.3, -0.25) is 4.99 Å². The van der Waals surface area contributed by atoms with Crippen molar-refractivity contribution in [1.82, 2.24) is 0 Å². The lowest BCUT2D eigenvalue weighted by atomic mass is 10.1. The Morgan fingerprint density at radius 1 is 1.14 bits per heavy atom. The highest BCUT2D eigenvalue weighted by atomic mass is 35.5. The van der Waals surface area contributed by atoms with Crippen LogP contribution in [-0.4, -0.2) is 12.9 Å². The Morgan fingerprint density at radius 2 is 1.90 bits per heavy atom. The van der Waals surface area contributed by atoms with Gasteiger partial charge in [0.2, 0.25) is 0 Å². The van der Waals surface area contributed by atoms with Crippen LogP contribution >= 0.6 is 11.6 Å². The van der Waals surface area contributed by atoms with E-state index in [0.717, 1.165) is 29.1 Å². The molecule has 0 unspecified atom stereocenters. The van der Waals surface area contributed by atoms with E-state index in [9.17, 15) is 0 Å². The summed E-state index contributed by atoms with van der Waals surface area (Å²) in [5, 5.41) is 3.79. The zero-order valence-corrected chi connectivity index (χ0v) is 13.2. The largest absolute Gasteiger partial charge is 0.456 e. The second kappa shape index (κ2) is 7.14. The summed E-state index contributed by atoms with van der Waals surface area (Å²) in [6, 6.07) is 11.5. The molecule has 0 heterocycles. The summed E-state index contributed by atoms with van der Waals surface area (Å²) in [6.45, 7) is 6.80. The fraction of sp³-hybridized carbons (Fsp3) is 0.235. The Labute approximate surface area is 130 Å². The summed E-state index contributed by atoms with van der Waals surface area (Å²) in [7, 11) is 0. The Kier molecular flexibility index (Phi) is 5.23. The average Bonchev–Trinajstić information content (AvgIpc) is 2.46. The molecule has 0 atom stereocenters. The van der Waals surface area contributed by atoms with Gasteiger partial charge in [0, 0.05) is 12.2 Å². The Hall–Kier alpha value is -2.00. The molecule has 21 heavy (non-hydrogen) atoms. The van der Waals surface area contributed by atoms with E-state index >= 15 is 0 Å². The lowest BCUT2D eigenvalue weighted by Crippen LogP contribution is -1.99. The lowest BCUT2D eigenvalue weighted by molar-refractivity contribution is 0.479. The third kappa shape index (κ3) is 3.99. The fourth-order valence-electron chi connectivity index (χ4n) is 1.91. The SMILES string of the molecule is CCN=CNc1cc(C)c(Oc2ccccc2Cl)cc1C. The van der Waals surface area contributed by atoms with Crippen molar-refractivity contribution in [1.29, 1.82) is 0 Å². The van der Waals surface area contributed by atoms with E-state index in [1.165, 1.54) is 0 Å². The summed E-state index contributed by atoms with van der Waals surface area (Å²) in [6.07, 6.45) is 1.72. The minimum absolute atomic E-state index is 0.604. The van der Waals surface area contributed by atoms with Crippen molar-refractivity contribution in [2.45, 2.75) is 20.8 Å². The van der Waals surface area contributed by atoms with E-state index in [4.69, 9.17) is 16.3 Å². The molecule has 0 spiro atoms. The van der Waals surface area contributed by atoms with Gasteiger partial charge < -0.3 is 10.1 Å². The Bertz CT molecular complexity index is 653. The number of anilines is 1. The molecule has 3 nitrogen and oxygen atoms in total. The summed E-state index contributed by atoms with van der Waals surface area (Å²) < 4.78 is 5.91. The smallest absolute Gasteiger partial charge is 0.146 e. The minimum atomic E-state index is 0.604. The molecule has 1 N–H and O–H groups in total. The van der Waals surface area contributed by atoms with Gasteiger partial charge in [-0.1, -0.05) is 23.7 Å². The van der Waals surface area contributed by atoms with Crippen LogP contribution in [0.15, 0.2) is 41.4 Å². The first-order chi connectivity index (χ1) is 10.1. The molecule has 0 saturated heterocycles. The van der Waals surface area contributed by atoms with Crippen LogP contribution in [0.1, 0.15) is 18.1 Å². The molecule has 4 heteroatoms. The van der Waals surface area contributed by atoms with Crippen LogP contribution in [-0.2, 0) is 0 Å². The van der Waals surface area contributed by atoms with Crippen molar-refractivity contribution in [3.8, 4) is 11.5 Å². The molecule has 2 rings (SSSR count). The van der Waals surface area contributed by atoms with Gasteiger partial charge in [-0.25, -0.2) is 0 Å². The van der Waals surface area contributed by atoms with Crippen molar-refractivity contribution in [3.05, 3.63) is 52.5 Å². The number of aryl methyl sites for hydroxylation is 2. The molecule has 0 aliphatic rings. The van der Waals surface area contributed by atoms with E-state index in [1.54, 1.807) is 6.34 Å². The lowest BCUT2D eigenvalue weighted by Gasteiger charge is -2.13. The molecule has 0 aliphatic carbocycles. The molecule has 0 aliphatic heterocycles. The van der Waals surface area contributed by atoms with Gasteiger partial charge in [0.05, 0.1) is 11.4 Å². The van der Waals surface area contributed by atoms with Gasteiger partial charge >= 0.3 is 0 Å². The molecule has 2 aromatic rings. The molecule has 0 bridgehead atoms. The number of hydrogen-bond acceptors (Lipinski definition) is 2. The number of halogens is 1. The number of nitrogens with zero attached hydrogens (tertiary/aromatic N) is 1. The first-order valence-corrected chi connectivity index (χ1v) is 7.28. The molecule has 0 amide bonds. The zero-order chi connectivity index (χ0) is 15.2. The monoisotopic (exact) mass is 302 g/mol. The number of ether oxygens (including phenoxy) is 1. The van der Waals surface area contributed by atoms with Crippen LogP contribution in [0.2, 0.25) is 5.02 Å². The average molecular weight is 303 g/mol. The van der Waals surface area contributed by atoms with Crippen LogP contribution in [0.4, 0.5) is 5.69 Å². The van der Waals surface area contributed by atoms with E-state index in [2.05, 4.69) is 10.3 Å². The summed E-state index contributed by atoms with van der Waals surface area (Å²) in [5.74, 6) is 1.47. The third-order valence-corrected chi connectivity index (χ3v) is 3.38. The number of hydrogen-bond donors (Lipinski definition) is 1. The van der Waals surface area contributed by atoms with Crippen LogP contribution in [0, 0.1) is 13.8 Å².